The molecule has 0 spiro atoms. The number of carbonyl (C=O) groups excluding carboxylic acids is 6. The number of aromatic hydroxyl groups is 1. The smallest absolute Gasteiger partial charge is 0.235 e. The molecular weight excluding hydrogens is 570 g/mol. The summed E-state index contributed by atoms with van der Waals surface area (Å²) in [6.07, 6.45) is -2.22. The molecule has 2 saturated carbocycles. The average molecular weight is 600 g/mol. The molecule has 222 valence electrons. The second kappa shape index (κ2) is 10.2. The van der Waals surface area contributed by atoms with Gasteiger partial charge in [-0.25, -0.2) is 0 Å². The number of amides is 1. The summed E-state index contributed by atoms with van der Waals surface area (Å²) in [6.45, 7) is 1.75. The molecule has 1 aromatic carbocycles. The highest BCUT2D eigenvalue weighted by atomic mass is 32.2. The topological polar surface area (TPSA) is 268 Å². The van der Waals surface area contributed by atoms with Crippen molar-refractivity contribution in [3.63, 3.8) is 0 Å². The van der Waals surface area contributed by atoms with E-state index in [1.54, 1.807) is 6.92 Å². The van der Waals surface area contributed by atoms with Crippen molar-refractivity contribution < 1.29 is 44.1 Å². The third-order valence-corrected chi connectivity index (χ3v) is 9.23. The Balaban J connectivity index is 2.02. The molecular formula is C27H29N5O9S. The van der Waals surface area contributed by atoms with E-state index in [2.05, 4.69) is 0 Å². The summed E-state index contributed by atoms with van der Waals surface area (Å²) in [5, 5.41) is 44.4. The average Bonchev–Trinajstić information content (AvgIpc) is 2.90. The predicted octanol–water partition coefficient (Wildman–Crippen LogP) is -2.44. The first-order valence-corrected chi connectivity index (χ1v) is 13.7. The normalized spacial score (nSPS) is 35.9. The van der Waals surface area contributed by atoms with Crippen LogP contribution in [0.15, 0.2) is 18.2 Å². The Kier molecular flexibility index (Phi) is 7.56. The van der Waals surface area contributed by atoms with Crippen molar-refractivity contribution in [2.75, 3.05) is 19.8 Å². The van der Waals surface area contributed by atoms with E-state index in [-0.39, 0.29) is 16.2 Å². The van der Waals surface area contributed by atoms with Gasteiger partial charge in [-0.1, -0.05) is 30.8 Å². The number of primary amides is 1. The lowest BCUT2D eigenvalue weighted by Crippen LogP contribution is -2.91. The van der Waals surface area contributed by atoms with Gasteiger partial charge in [-0.3, -0.25) is 33.7 Å². The van der Waals surface area contributed by atoms with Gasteiger partial charge in [-0.2, -0.15) is 5.26 Å². The minimum Gasteiger partial charge on any atom is -0.507 e. The predicted molar refractivity (Wildman–Crippen MR) is 146 cm³/mol. The molecule has 42 heavy (non-hydrogen) atoms. The van der Waals surface area contributed by atoms with Crippen molar-refractivity contribution in [3.05, 3.63) is 34.9 Å². The van der Waals surface area contributed by atoms with E-state index in [1.807, 2.05) is 0 Å². The molecule has 0 bridgehead atoms. The number of nitrogens with two attached hydrogens (primary N) is 3. The van der Waals surface area contributed by atoms with Crippen LogP contribution in [-0.4, -0.2) is 97.4 Å². The highest BCUT2D eigenvalue weighted by Gasteiger charge is 2.83. The van der Waals surface area contributed by atoms with Crippen molar-refractivity contribution >= 4 is 52.0 Å². The first kappa shape index (κ1) is 31.2. The Labute approximate surface area is 243 Å². The zero-order chi connectivity index (χ0) is 31.7. The molecule has 1 amide bonds. The minimum absolute atomic E-state index is 0.0448. The summed E-state index contributed by atoms with van der Waals surface area (Å²) in [7, 11) is 2.54. The number of hydrogen-bond donors (Lipinski definition) is 6. The van der Waals surface area contributed by atoms with E-state index in [9.17, 15) is 49.3 Å². The molecule has 0 radical (unpaired) electrons. The summed E-state index contributed by atoms with van der Waals surface area (Å²) >= 11 is 0.980. The number of carbonyl (C=O) groups is 6. The second-order valence-corrected chi connectivity index (χ2v) is 12.1. The summed E-state index contributed by atoms with van der Waals surface area (Å²) in [5.74, 6) is -12.1. The lowest BCUT2D eigenvalue weighted by atomic mass is 9.41. The number of likely N-dealkylation sites (N-methyl/N-ethyl adjacent to an activating group) is 1. The lowest BCUT2D eigenvalue weighted by Gasteiger charge is -2.63. The maximum atomic E-state index is 14.3. The van der Waals surface area contributed by atoms with Gasteiger partial charge >= 0.3 is 0 Å². The standard InChI is InChI=1S/C27H29N5O9S/c1-4-42-12(33)8-6-10-5-7-11-13(16(10)34)17(35)15-22(39)25(9-28)21(38)14(23(29)40)18(36)19(32(2)3)27(25,31)24(41)26(15,30)20(11)37/h5-8,14-15,19-20,24,34,37,41H,4,30-31H2,1-3H3,(H2,29,40)/t14?,15?,19-,20+,24+,25+,26-,27+/m1/s1. The molecule has 0 aliphatic heterocycles. The van der Waals surface area contributed by atoms with Gasteiger partial charge in [0, 0.05) is 5.56 Å². The van der Waals surface area contributed by atoms with Crippen LogP contribution in [0, 0.1) is 28.6 Å². The van der Waals surface area contributed by atoms with E-state index in [0.717, 1.165) is 22.7 Å². The summed E-state index contributed by atoms with van der Waals surface area (Å²) in [6, 6.07) is 2.06. The Morgan fingerprint density at radius 1 is 1.14 bits per heavy atom. The summed E-state index contributed by atoms with van der Waals surface area (Å²) in [4.78, 5) is 80.8. The molecule has 4 rings (SSSR count). The van der Waals surface area contributed by atoms with Gasteiger partial charge in [0.15, 0.2) is 34.5 Å². The van der Waals surface area contributed by atoms with Crippen molar-refractivity contribution in [2.24, 2.45) is 34.5 Å². The van der Waals surface area contributed by atoms with E-state index in [1.165, 1.54) is 38.4 Å². The number of ketones is 4. The van der Waals surface area contributed by atoms with Gasteiger partial charge in [0.05, 0.1) is 34.9 Å². The van der Waals surface area contributed by atoms with Crippen molar-refractivity contribution in [1.29, 1.82) is 5.26 Å². The number of thioether (sulfide) groups is 1. The number of hydrogen-bond acceptors (Lipinski definition) is 14. The second-order valence-electron chi connectivity index (χ2n) is 10.8. The minimum atomic E-state index is -3.20. The fourth-order valence-electron chi connectivity index (χ4n) is 6.68. The Bertz CT molecular complexity index is 1540. The van der Waals surface area contributed by atoms with Gasteiger partial charge in [0.1, 0.15) is 17.8 Å². The fraction of sp³-hybridized carbons (Fsp3) is 0.444. The SMILES string of the molecule is CCSC(=O)C=Cc1ccc2c(c1O)C(=O)C1C(=O)[C@]3(C#N)C(=O)C(C(N)=O)C(=O)[C@@H](N(C)C)[C@]3(N)[C@@H](O)[C@]1(N)[C@H]2O. The van der Waals surface area contributed by atoms with Gasteiger partial charge in [0.2, 0.25) is 11.0 Å². The highest BCUT2D eigenvalue weighted by Crippen LogP contribution is 2.58. The maximum Gasteiger partial charge on any atom is 0.235 e. The Morgan fingerprint density at radius 2 is 1.76 bits per heavy atom. The van der Waals surface area contributed by atoms with E-state index in [4.69, 9.17) is 17.2 Å². The molecule has 9 N–H and O–H groups in total. The molecule has 2 fully saturated rings. The molecule has 3 aliphatic rings. The molecule has 1 aromatic rings. The van der Waals surface area contributed by atoms with E-state index < -0.39 is 86.9 Å². The molecule has 15 heteroatoms. The molecule has 3 aliphatic carbocycles. The van der Waals surface area contributed by atoms with Crippen molar-refractivity contribution in [3.8, 4) is 11.8 Å². The lowest BCUT2D eigenvalue weighted by molar-refractivity contribution is -0.188. The van der Waals surface area contributed by atoms with E-state index in [0.29, 0.717) is 5.75 Å². The Hall–Kier alpha value is -3.78. The van der Waals surface area contributed by atoms with Crippen LogP contribution < -0.4 is 17.2 Å². The fourth-order valence-corrected chi connectivity index (χ4v) is 7.13. The maximum absolute atomic E-state index is 14.3. The summed E-state index contributed by atoms with van der Waals surface area (Å²) < 4.78 is 0. The largest absolute Gasteiger partial charge is 0.507 e. The molecule has 8 atom stereocenters. The van der Waals surface area contributed by atoms with Crippen LogP contribution in [0.3, 0.4) is 0 Å². The van der Waals surface area contributed by atoms with Gasteiger partial charge in [0.25, 0.3) is 0 Å². The zero-order valence-corrected chi connectivity index (χ0v) is 23.5. The monoisotopic (exact) mass is 599 g/mol. The van der Waals surface area contributed by atoms with Crippen molar-refractivity contribution in [2.45, 2.75) is 36.3 Å². The van der Waals surface area contributed by atoms with Crippen LogP contribution in [0.1, 0.15) is 34.5 Å². The molecule has 2 unspecified atom stereocenters. The number of rotatable bonds is 5. The van der Waals surface area contributed by atoms with Crippen LogP contribution in [0.25, 0.3) is 6.08 Å². The first-order chi connectivity index (χ1) is 19.5. The van der Waals surface area contributed by atoms with Crippen LogP contribution in [0.2, 0.25) is 0 Å². The number of fused-ring (bicyclic) bond motifs is 3. The quantitative estimate of drug-likeness (QED) is 0.152. The number of Topliss-reactive ketones (excluding diaryl/α,β-unsaturated/α-hetero) is 4. The molecule has 0 saturated heterocycles. The van der Waals surface area contributed by atoms with Gasteiger partial charge in [-0.05, 0) is 37.6 Å². The third-order valence-electron chi connectivity index (χ3n) is 8.52. The van der Waals surface area contributed by atoms with Crippen LogP contribution in [-0.2, 0) is 24.0 Å². The Morgan fingerprint density at radius 3 is 2.29 bits per heavy atom. The molecule has 0 heterocycles. The van der Waals surface area contributed by atoms with Crippen LogP contribution >= 0.6 is 11.8 Å². The molecule has 0 aromatic heterocycles. The van der Waals surface area contributed by atoms with Gasteiger partial charge < -0.3 is 32.5 Å². The number of aliphatic hydroxyl groups excluding tert-OH is 2. The first-order valence-electron chi connectivity index (χ1n) is 12.7. The third kappa shape index (κ3) is 3.63. The van der Waals surface area contributed by atoms with Crippen LogP contribution in [0.5, 0.6) is 5.75 Å². The zero-order valence-electron chi connectivity index (χ0n) is 22.7. The van der Waals surface area contributed by atoms with Crippen LogP contribution in [0.4, 0.5) is 0 Å². The molecule has 14 nitrogen and oxygen atoms in total. The number of benzene rings is 1. The highest BCUT2D eigenvalue weighted by molar-refractivity contribution is 8.14. The number of phenols is 1. The number of aliphatic hydroxyl groups is 2. The van der Waals surface area contributed by atoms with E-state index >= 15 is 0 Å². The number of phenolic OH excluding ortho intramolecular Hbond substituents is 1. The summed E-state index contributed by atoms with van der Waals surface area (Å²) in [5.41, 5.74) is 8.68. The number of nitrogens with zero attached hydrogens (tertiary/aromatic N) is 2. The number of nitriles is 1. The van der Waals surface area contributed by atoms with Crippen molar-refractivity contribution in [1.82, 2.24) is 4.90 Å². The van der Waals surface area contributed by atoms with Gasteiger partial charge in [-0.15, -0.1) is 0 Å².